The molecule has 0 amide bonds. The molecule has 1 N–H and O–H groups in total. The quantitative estimate of drug-likeness (QED) is 0.852. The molecule has 4 heteroatoms. The molecule has 0 saturated heterocycles. The van der Waals surface area contributed by atoms with E-state index < -0.39 is 0 Å². The molecule has 0 unspecified atom stereocenters. The zero-order valence-electron chi connectivity index (χ0n) is 11.5. The molecule has 1 atom stereocenters. The van der Waals surface area contributed by atoms with Crippen LogP contribution < -0.4 is 10.1 Å². The predicted molar refractivity (Wildman–Crippen MR) is 84.7 cm³/mol. The molecule has 2 nitrogen and oxygen atoms in total. The first-order valence-corrected chi connectivity index (χ1v) is 7.17. The van der Waals surface area contributed by atoms with Crippen LogP contribution in [-0.4, -0.2) is 7.11 Å². The highest BCUT2D eigenvalue weighted by atomic mass is 35.5. The van der Waals surface area contributed by atoms with Gasteiger partial charge in [0.15, 0.2) is 0 Å². The second-order valence-electron chi connectivity index (χ2n) is 4.58. The first kappa shape index (κ1) is 15.2. The van der Waals surface area contributed by atoms with Gasteiger partial charge in [0.25, 0.3) is 0 Å². The Morgan fingerprint density at radius 1 is 1.15 bits per heavy atom. The minimum atomic E-state index is 0.154. The molecule has 0 saturated carbocycles. The summed E-state index contributed by atoms with van der Waals surface area (Å²) < 4.78 is 5.37. The minimum absolute atomic E-state index is 0.154. The molecule has 2 rings (SSSR count). The monoisotopic (exact) mass is 309 g/mol. The van der Waals surface area contributed by atoms with Gasteiger partial charge in [-0.05, 0) is 36.8 Å². The van der Waals surface area contributed by atoms with Gasteiger partial charge in [-0.3, -0.25) is 0 Å². The van der Waals surface area contributed by atoms with Crippen molar-refractivity contribution < 1.29 is 4.74 Å². The third-order valence-electron chi connectivity index (χ3n) is 3.21. The Kier molecular flexibility index (Phi) is 5.30. The molecule has 0 aromatic heterocycles. The van der Waals surface area contributed by atoms with Crippen molar-refractivity contribution in [2.24, 2.45) is 0 Å². The number of hydrogen-bond donors (Lipinski definition) is 1. The molecule has 0 heterocycles. The number of methoxy groups -OCH3 is 1. The number of rotatable bonds is 5. The normalized spacial score (nSPS) is 12.2. The summed E-state index contributed by atoms with van der Waals surface area (Å²) in [4.78, 5) is 0. The number of benzene rings is 2. The summed E-state index contributed by atoms with van der Waals surface area (Å²) in [5.74, 6) is 0.879. The SMILES string of the molecule is COc1ccccc1[C@@H](C)NCc1cc(Cl)ccc1Cl. The Bertz CT molecular complexity index is 586. The maximum Gasteiger partial charge on any atom is 0.123 e. The van der Waals surface area contributed by atoms with E-state index in [9.17, 15) is 0 Å². The molecule has 0 aliphatic rings. The average molecular weight is 310 g/mol. The fourth-order valence-electron chi connectivity index (χ4n) is 2.08. The zero-order valence-corrected chi connectivity index (χ0v) is 13.0. The highest BCUT2D eigenvalue weighted by molar-refractivity contribution is 6.33. The Morgan fingerprint density at radius 2 is 1.90 bits per heavy atom. The molecule has 0 fully saturated rings. The van der Waals surface area contributed by atoms with Gasteiger partial charge in [0.05, 0.1) is 7.11 Å². The van der Waals surface area contributed by atoms with Crippen LogP contribution in [0.2, 0.25) is 10.0 Å². The van der Waals surface area contributed by atoms with Crippen LogP contribution in [0.5, 0.6) is 5.75 Å². The van der Waals surface area contributed by atoms with Gasteiger partial charge in [-0.2, -0.15) is 0 Å². The van der Waals surface area contributed by atoms with Gasteiger partial charge in [-0.15, -0.1) is 0 Å². The third kappa shape index (κ3) is 3.66. The molecular formula is C16H17Cl2NO. The van der Waals surface area contributed by atoms with Gasteiger partial charge in [0.1, 0.15) is 5.75 Å². The fraction of sp³-hybridized carbons (Fsp3) is 0.250. The Hall–Kier alpha value is -1.22. The van der Waals surface area contributed by atoms with E-state index in [0.29, 0.717) is 16.6 Å². The summed E-state index contributed by atoms with van der Waals surface area (Å²) >= 11 is 12.2. The molecule has 106 valence electrons. The molecule has 2 aromatic carbocycles. The number of ether oxygens (including phenoxy) is 1. The lowest BCUT2D eigenvalue weighted by atomic mass is 10.1. The van der Waals surface area contributed by atoms with E-state index in [0.717, 1.165) is 16.9 Å². The van der Waals surface area contributed by atoms with Crippen LogP contribution in [0.15, 0.2) is 42.5 Å². The van der Waals surface area contributed by atoms with E-state index >= 15 is 0 Å². The van der Waals surface area contributed by atoms with Crippen LogP contribution in [0.3, 0.4) is 0 Å². The number of nitrogens with one attached hydrogen (secondary N) is 1. The first-order valence-electron chi connectivity index (χ1n) is 6.42. The highest BCUT2D eigenvalue weighted by Crippen LogP contribution is 2.26. The van der Waals surface area contributed by atoms with Crippen molar-refractivity contribution in [3.05, 3.63) is 63.6 Å². The fourth-order valence-corrected chi connectivity index (χ4v) is 2.46. The predicted octanol–water partition coefficient (Wildman–Crippen LogP) is 4.85. The average Bonchev–Trinajstić information content (AvgIpc) is 2.47. The van der Waals surface area contributed by atoms with Gasteiger partial charge < -0.3 is 10.1 Å². The van der Waals surface area contributed by atoms with Gasteiger partial charge in [0.2, 0.25) is 0 Å². The van der Waals surface area contributed by atoms with Crippen LogP contribution in [0.4, 0.5) is 0 Å². The molecule has 0 aliphatic heterocycles. The summed E-state index contributed by atoms with van der Waals surface area (Å²) in [5.41, 5.74) is 2.11. The number of halogens is 2. The molecule has 0 aliphatic carbocycles. The molecule has 0 radical (unpaired) electrons. The zero-order chi connectivity index (χ0) is 14.5. The summed E-state index contributed by atoms with van der Waals surface area (Å²) in [6, 6.07) is 13.6. The summed E-state index contributed by atoms with van der Waals surface area (Å²) in [7, 11) is 1.68. The molecule has 2 aromatic rings. The van der Waals surface area contributed by atoms with Crippen LogP contribution in [0.1, 0.15) is 24.1 Å². The highest BCUT2D eigenvalue weighted by Gasteiger charge is 2.11. The van der Waals surface area contributed by atoms with Crippen LogP contribution >= 0.6 is 23.2 Å². The van der Waals surface area contributed by atoms with Gasteiger partial charge in [0, 0.05) is 28.2 Å². The second-order valence-corrected chi connectivity index (χ2v) is 5.42. The second kappa shape index (κ2) is 6.98. The topological polar surface area (TPSA) is 21.3 Å². The summed E-state index contributed by atoms with van der Waals surface area (Å²) in [5, 5.41) is 4.84. The van der Waals surface area contributed by atoms with E-state index in [1.54, 1.807) is 13.2 Å². The van der Waals surface area contributed by atoms with Crippen molar-refractivity contribution in [2.75, 3.05) is 7.11 Å². The molecule has 20 heavy (non-hydrogen) atoms. The van der Waals surface area contributed by atoms with Crippen molar-refractivity contribution in [3.63, 3.8) is 0 Å². The Morgan fingerprint density at radius 3 is 2.65 bits per heavy atom. The van der Waals surface area contributed by atoms with Crippen LogP contribution in [0.25, 0.3) is 0 Å². The van der Waals surface area contributed by atoms with E-state index in [-0.39, 0.29) is 6.04 Å². The number of hydrogen-bond acceptors (Lipinski definition) is 2. The maximum absolute atomic E-state index is 6.16. The van der Waals surface area contributed by atoms with Crippen LogP contribution in [-0.2, 0) is 6.54 Å². The van der Waals surface area contributed by atoms with E-state index in [2.05, 4.69) is 18.3 Å². The van der Waals surface area contributed by atoms with Crippen molar-refractivity contribution in [1.82, 2.24) is 5.32 Å². The lowest BCUT2D eigenvalue weighted by molar-refractivity contribution is 0.401. The smallest absolute Gasteiger partial charge is 0.123 e. The van der Waals surface area contributed by atoms with E-state index in [1.807, 2.05) is 30.3 Å². The van der Waals surface area contributed by atoms with Crippen molar-refractivity contribution >= 4 is 23.2 Å². The minimum Gasteiger partial charge on any atom is -0.496 e. The van der Waals surface area contributed by atoms with E-state index in [1.165, 1.54) is 0 Å². The van der Waals surface area contributed by atoms with Gasteiger partial charge in [-0.1, -0.05) is 41.4 Å². The lowest BCUT2D eigenvalue weighted by Gasteiger charge is -2.17. The maximum atomic E-state index is 6.16. The van der Waals surface area contributed by atoms with E-state index in [4.69, 9.17) is 27.9 Å². The molecular weight excluding hydrogens is 293 g/mol. The standard InChI is InChI=1S/C16H17Cl2NO/c1-11(14-5-3-4-6-16(14)20-2)19-10-12-9-13(17)7-8-15(12)18/h3-9,11,19H,10H2,1-2H3/t11-/m1/s1. The largest absolute Gasteiger partial charge is 0.496 e. The molecule has 0 bridgehead atoms. The first-order chi connectivity index (χ1) is 9.61. The van der Waals surface area contributed by atoms with Crippen molar-refractivity contribution in [1.29, 1.82) is 0 Å². The molecule has 0 spiro atoms. The van der Waals surface area contributed by atoms with Crippen molar-refractivity contribution in [3.8, 4) is 5.75 Å². The Labute approximate surface area is 129 Å². The number of para-hydroxylation sites is 1. The van der Waals surface area contributed by atoms with Gasteiger partial charge in [-0.25, -0.2) is 0 Å². The third-order valence-corrected chi connectivity index (χ3v) is 3.82. The summed E-state index contributed by atoms with van der Waals surface area (Å²) in [6.45, 7) is 2.74. The van der Waals surface area contributed by atoms with Crippen molar-refractivity contribution in [2.45, 2.75) is 19.5 Å². The van der Waals surface area contributed by atoms with Gasteiger partial charge >= 0.3 is 0 Å². The Balaban J connectivity index is 2.08. The summed E-state index contributed by atoms with van der Waals surface area (Å²) in [6.07, 6.45) is 0. The lowest BCUT2D eigenvalue weighted by Crippen LogP contribution is -2.18. The van der Waals surface area contributed by atoms with Crippen LogP contribution in [0, 0.1) is 0 Å².